The summed E-state index contributed by atoms with van der Waals surface area (Å²) < 4.78 is 88.9. The molecule has 15 heteroatoms. The minimum Gasteiger partial charge on any atom is -0.415 e. The van der Waals surface area contributed by atoms with Gasteiger partial charge in [-0.1, -0.05) is 0 Å². The first-order chi connectivity index (χ1) is 14.1. The first kappa shape index (κ1) is 21.2. The van der Waals surface area contributed by atoms with Gasteiger partial charge in [-0.15, -0.1) is 10.2 Å². The van der Waals surface area contributed by atoms with Crippen molar-refractivity contribution in [2.75, 3.05) is 19.5 Å². The highest BCUT2D eigenvalue weighted by molar-refractivity contribution is 7.89. The molecule has 11 nitrogen and oxygen atoms in total. The first-order valence-electron chi connectivity index (χ1n) is 8.74. The Kier molecular flexibility index (Phi) is 5.34. The molecule has 0 amide bonds. The molecule has 2 aromatic heterocycles. The first-order valence-corrected chi connectivity index (χ1v) is 12.1. The molecule has 4 heterocycles. The van der Waals surface area contributed by atoms with E-state index in [0.717, 1.165) is 10.6 Å². The van der Waals surface area contributed by atoms with Crippen molar-refractivity contribution in [1.82, 2.24) is 24.2 Å². The number of pyridine rings is 1. The molecular formula is C15H17F2N5O6S2. The Morgan fingerprint density at radius 1 is 1.33 bits per heavy atom. The van der Waals surface area contributed by atoms with E-state index in [2.05, 4.69) is 19.9 Å². The molecule has 0 aromatic carbocycles. The van der Waals surface area contributed by atoms with Gasteiger partial charge in [-0.05, 0) is 12.5 Å². The third-order valence-electron chi connectivity index (χ3n) is 4.76. The lowest BCUT2D eigenvalue weighted by atomic mass is 10.0. The average molecular weight is 465 g/mol. The fourth-order valence-corrected chi connectivity index (χ4v) is 6.07. The van der Waals surface area contributed by atoms with Gasteiger partial charge in [0, 0.05) is 18.8 Å². The molecular weight excluding hydrogens is 448 g/mol. The number of nitrogens with one attached hydrogen (secondary N) is 1. The average Bonchev–Trinajstić information content (AvgIpc) is 3.24. The van der Waals surface area contributed by atoms with E-state index in [9.17, 15) is 25.6 Å². The van der Waals surface area contributed by atoms with Gasteiger partial charge in [-0.2, -0.15) is 13.1 Å². The second kappa shape index (κ2) is 7.56. The van der Waals surface area contributed by atoms with Gasteiger partial charge in [-0.25, -0.2) is 21.6 Å². The van der Waals surface area contributed by atoms with Gasteiger partial charge in [0.2, 0.25) is 25.9 Å². The fraction of sp³-hybridized carbons (Fsp3) is 0.533. The van der Waals surface area contributed by atoms with Crippen molar-refractivity contribution < 1.29 is 34.8 Å². The van der Waals surface area contributed by atoms with Crippen molar-refractivity contribution in [1.29, 1.82) is 0 Å². The lowest BCUT2D eigenvalue weighted by Gasteiger charge is -2.36. The van der Waals surface area contributed by atoms with Crippen LogP contribution < -0.4 is 4.72 Å². The Labute approximate surface area is 170 Å². The summed E-state index contributed by atoms with van der Waals surface area (Å²) in [6.07, 6.45) is -0.404. The summed E-state index contributed by atoms with van der Waals surface area (Å²) in [5.74, 6) is -1.17. The summed E-state index contributed by atoms with van der Waals surface area (Å²) in [7, 11) is -7.63. The molecule has 4 rings (SSSR count). The number of aromatic nitrogens is 3. The topological polar surface area (TPSA) is 145 Å². The zero-order valence-corrected chi connectivity index (χ0v) is 17.2. The second-order valence-electron chi connectivity index (χ2n) is 6.89. The predicted molar refractivity (Wildman–Crippen MR) is 96.2 cm³/mol. The standard InChI is InChI=1S/C15H17F2N5O6S2/c1-29(23,24)21-9-2-3-27-7-11(9)22-6-10-12(30(22,25)26)4-8(5-18-10)14-19-20-15(28-14)13(16)17/h4-5,9,11,13,21H,2-3,6-7H2,1H3/t9-,11-/m1/s1. The summed E-state index contributed by atoms with van der Waals surface area (Å²) >= 11 is 0. The number of alkyl halides is 2. The second-order valence-corrected chi connectivity index (χ2v) is 10.5. The van der Waals surface area contributed by atoms with Crippen molar-refractivity contribution in [3.05, 3.63) is 23.8 Å². The SMILES string of the molecule is CS(=O)(=O)N[C@@H]1CCOC[C@H]1N1Cc2ncc(-c3nnc(C(F)F)o3)cc2S1(=O)=O. The zero-order chi connectivity index (χ0) is 21.7. The molecule has 1 N–H and O–H groups in total. The van der Waals surface area contributed by atoms with E-state index in [-0.39, 0.29) is 41.8 Å². The number of fused-ring (bicyclic) bond motifs is 1. The Hall–Kier alpha value is -2.07. The van der Waals surface area contributed by atoms with Crippen LogP contribution in [-0.2, 0) is 31.3 Å². The quantitative estimate of drug-likeness (QED) is 0.658. The van der Waals surface area contributed by atoms with Gasteiger partial charge < -0.3 is 9.15 Å². The number of hydrogen-bond donors (Lipinski definition) is 1. The van der Waals surface area contributed by atoms with Crippen LogP contribution in [0.1, 0.15) is 24.4 Å². The van der Waals surface area contributed by atoms with Crippen LogP contribution in [0, 0.1) is 0 Å². The van der Waals surface area contributed by atoms with Crippen molar-refractivity contribution in [2.45, 2.75) is 36.4 Å². The molecule has 2 aliphatic rings. The summed E-state index contributed by atoms with van der Waals surface area (Å²) in [6.45, 7) is 0.214. The van der Waals surface area contributed by atoms with Crippen molar-refractivity contribution in [2.24, 2.45) is 0 Å². The molecule has 1 fully saturated rings. The molecule has 0 radical (unpaired) electrons. The molecule has 0 bridgehead atoms. The highest BCUT2D eigenvalue weighted by Gasteiger charge is 2.45. The van der Waals surface area contributed by atoms with E-state index >= 15 is 0 Å². The smallest absolute Gasteiger partial charge is 0.314 e. The van der Waals surface area contributed by atoms with E-state index in [1.807, 2.05) is 0 Å². The number of rotatable bonds is 5. The minimum atomic E-state index is -4.06. The normalized spacial score (nSPS) is 24.3. The molecule has 1 saturated heterocycles. The number of hydrogen-bond acceptors (Lipinski definition) is 9. The van der Waals surface area contributed by atoms with E-state index in [4.69, 9.17) is 9.15 Å². The molecule has 0 unspecified atom stereocenters. The summed E-state index contributed by atoms with van der Waals surface area (Å²) in [4.78, 5) is 3.98. The van der Waals surface area contributed by atoms with Crippen LogP contribution in [0.25, 0.3) is 11.5 Å². The predicted octanol–water partition coefficient (Wildman–Crippen LogP) is 0.280. The van der Waals surface area contributed by atoms with E-state index in [0.29, 0.717) is 6.42 Å². The van der Waals surface area contributed by atoms with Crippen LogP contribution in [0.3, 0.4) is 0 Å². The Morgan fingerprint density at radius 2 is 2.10 bits per heavy atom. The largest absolute Gasteiger partial charge is 0.415 e. The molecule has 2 atom stereocenters. The Balaban J connectivity index is 1.66. The van der Waals surface area contributed by atoms with Crippen molar-refractivity contribution >= 4 is 20.0 Å². The summed E-state index contributed by atoms with van der Waals surface area (Å²) in [5.41, 5.74) is 0.306. The Bertz CT molecular complexity index is 1170. The molecule has 2 aliphatic heterocycles. The van der Waals surface area contributed by atoms with E-state index in [1.54, 1.807) is 0 Å². The molecule has 0 saturated carbocycles. The maximum Gasteiger partial charge on any atom is 0.314 e. The number of sulfonamides is 2. The van der Waals surface area contributed by atoms with Gasteiger partial charge >= 0.3 is 6.43 Å². The Morgan fingerprint density at radius 3 is 2.77 bits per heavy atom. The van der Waals surface area contributed by atoms with Gasteiger partial charge in [0.1, 0.15) is 4.90 Å². The highest BCUT2D eigenvalue weighted by atomic mass is 32.2. The van der Waals surface area contributed by atoms with E-state index < -0.39 is 44.4 Å². The monoisotopic (exact) mass is 465 g/mol. The van der Waals surface area contributed by atoms with E-state index in [1.165, 1.54) is 12.3 Å². The lowest BCUT2D eigenvalue weighted by molar-refractivity contribution is 0.0287. The van der Waals surface area contributed by atoms with Crippen LogP contribution in [0.4, 0.5) is 8.78 Å². The minimum absolute atomic E-state index is 0.00860. The van der Waals surface area contributed by atoms with Crippen molar-refractivity contribution in [3.63, 3.8) is 0 Å². The van der Waals surface area contributed by atoms with Crippen molar-refractivity contribution in [3.8, 4) is 11.5 Å². The molecule has 0 aliphatic carbocycles. The third-order valence-corrected chi connectivity index (χ3v) is 7.42. The fourth-order valence-electron chi connectivity index (χ4n) is 3.44. The lowest BCUT2D eigenvalue weighted by Crippen LogP contribution is -2.56. The van der Waals surface area contributed by atoms with Crippen LogP contribution in [-0.4, -0.2) is 67.9 Å². The maximum atomic E-state index is 13.2. The molecule has 164 valence electrons. The highest BCUT2D eigenvalue weighted by Crippen LogP contribution is 2.35. The summed E-state index contributed by atoms with van der Waals surface area (Å²) in [5, 5.41) is 6.72. The third kappa shape index (κ3) is 3.94. The number of nitrogens with zero attached hydrogens (tertiary/aromatic N) is 4. The van der Waals surface area contributed by atoms with Gasteiger partial charge in [-0.3, -0.25) is 4.98 Å². The number of ether oxygens (including phenoxy) is 1. The maximum absolute atomic E-state index is 13.2. The molecule has 0 spiro atoms. The van der Waals surface area contributed by atoms with Gasteiger partial charge in [0.25, 0.3) is 5.89 Å². The molecule has 2 aromatic rings. The van der Waals surface area contributed by atoms with Crippen LogP contribution in [0.5, 0.6) is 0 Å². The van der Waals surface area contributed by atoms with Crippen LogP contribution in [0.15, 0.2) is 21.6 Å². The van der Waals surface area contributed by atoms with Crippen LogP contribution >= 0.6 is 0 Å². The number of halogens is 2. The molecule has 30 heavy (non-hydrogen) atoms. The van der Waals surface area contributed by atoms with Gasteiger partial charge in [0.05, 0.1) is 36.7 Å². The zero-order valence-electron chi connectivity index (χ0n) is 15.5. The van der Waals surface area contributed by atoms with Crippen LogP contribution in [0.2, 0.25) is 0 Å². The summed E-state index contributed by atoms with van der Waals surface area (Å²) in [6, 6.07) is -0.213. The van der Waals surface area contributed by atoms with Gasteiger partial charge in [0.15, 0.2) is 0 Å².